The zero-order valence-corrected chi connectivity index (χ0v) is 13.5. The summed E-state index contributed by atoms with van der Waals surface area (Å²) in [5.74, 6) is -1.01. The number of aromatic carboxylic acids is 1. The normalized spacial score (nSPS) is 10.9. The van der Waals surface area contributed by atoms with Gasteiger partial charge >= 0.3 is 5.97 Å². The Hall–Kier alpha value is -2.85. The van der Waals surface area contributed by atoms with E-state index in [1.54, 1.807) is 30.3 Å². The third-order valence-electron chi connectivity index (χ3n) is 2.98. The predicted molar refractivity (Wildman–Crippen MR) is 86.5 cm³/mol. The Balaban J connectivity index is 2.45. The third-order valence-corrected chi connectivity index (χ3v) is 3.48. The van der Waals surface area contributed by atoms with E-state index >= 15 is 0 Å². The molecule has 0 bridgehead atoms. The predicted octanol–water partition coefficient (Wildman–Crippen LogP) is 3.06. The van der Waals surface area contributed by atoms with Gasteiger partial charge in [0.15, 0.2) is 0 Å². The molecular formula is C16H11BrN2O4. The number of nitrogens with zero attached hydrogens (tertiary/aromatic N) is 1. The Morgan fingerprint density at radius 1 is 1.35 bits per heavy atom. The third kappa shape index (κ3) is 3.67. The Bertz CT molecular complexity index is 846. The SMILES string of the molecule is CNC(=O)C(C#N)=Cc1ccc(-c2ccc(Br)cc2C(=O)O)o1. The van der Waals surface area contributed by atoms with E-state index < -0.39 is 11.9 Å². The van der Waals surface area contributed by atoms with E-state index in [9.17, 15) is 14.7 Å². The maximum absolute atomic E-state index is 11.5. The van der Waals surface area contributed by atoms with Crippen LogP contribution in [0.4, 0.5) is 0 Å². The van der Waals surface area contributed by atoms with Crippen LogP contribution in [0, 0.1) is 11.3 Å². The largest absolute Gasteiger partial charge is 0.478 e. The van der Waals surface area contributed by atoms with Gasteiger partial charge in [0.05, 0.1) is 5.56 Å². The summed E-state index contributed by atoms with van der Waals surface area (Å²) in [4.78, 5) is 22.8. The van der Waals surface area contributed by atoms with Crippen molar-refractivity contribution in [2.45, 2.75) is 0 Å². The highest BCUT2D eigenvalue weighted by Gasteiger charge is 2.15. The van der Waals surface area contributed by atoms with E-state index in [1.807, 2.05) is 0 Å². The van der Waals surface area contributed by atoms with Crippen molar-refractivity contribution in [3.05, 3.63) is 51.7 Å². The molecule has 0 aliphatic heterocycles. The van der Waals surface area contributed by atoms with Gasteiger partial charge in [-0.1, -0.05) is 15.9 Å². The molecular weight excluding hydrogens is 364 g/mol. The summed E-state index contributed by atoms with van der Waals surface area (Å²) < 4.78 is 6.18. The topological polar surface area (TPSA) is 103 Å². The molecule has 0 unspecified atom stereocenters. The lowest BCUT2D eigenvalue weighted by molar-refractivity contribution is -0.116. The molecule has 0 atom stereocenters. The van der Waals surface area contributed by atoms with Gasteiger partial charge < -0.3 is 14.8 Å². The number of carboxylic acid groups (broad SMARTS) is 1. The Labute approximate surface area is 140 Å². The average molecular weight is 375 g/mol. The number of hydrogen-bond acceptors (Lipinski definition) is 4. The molecule has 0 fully saturated rings. The summed E-state index contributed by atoms with van der Waals surface area (Å²) in [7, 11) is 1.42. The maximum atomic E-state index is 11.5. The highest BCUT2D eigenvalue weighted by atomic mass is 79.9. The molecule has 116 valence electrons. The van der Waals surface area contributed by atoms with E-state index in [4.69, 9.17) is 9.68 Å². The van der Waals surface area contributed by atoms with Gasteiger partial charge in [0.2, 0.25) is 0 Å². The standard InChI is InChI=1S/C16H11BrN2O4/c1-19-15(20)9(8-18)6-11-3-5-14(23-11)12-4-2-10(17)7-13(12)16(21)22/h2-7H,1H3,(H,19,20)(H,21,22). The summed E-state index contributed by atoms with van der Waals surface area (Å²) in [5, 5.41) is 20.6. The molecule has 0 aliphatic rings. The Kier molecular flexibility index (Phi) is 4.98. The first-order valence-electron chi connectivity index (χ1n) is 6.43. The van der Waals surface area contributed by atoms with Crippen LogP contribution in [-0.4, -0.2) is 24.0 Å². The number of hydrogen-bond donors (Lipinski definition) is 2. The summed E-state index contributed by atoms with van der Waals surface area (Å²) >= 11 is 3.22. The van der Waals surface area contributed by atoms with E-state index in [-0.39, 0.29) is 16.9 Å². The highest BCUT2D eigenvalue weighted by Crippen LogP contribution is 2.29. The zero-order valence-electron chi connectivity index (χ0n) is 12.0. The quantitative estimate of drug-likeness (QED) is 0.632. The van der Waals surface area contributed by atoms with Crippen LogP contribution in [0.1, 0.15) is 16.1 Å². The second-order valence-electron chi connectivity index (χ2n) is 4.45. The Morgan fingerprint density at radius 3 is 2.70 bits per heavy atom. The summed E-state index contributed by atoms with van der Waals surface area (Å²) in [6.07, 6.45) is 1.29. The van der Waals surface area contributed by atoms with Crippen LogP contribution in [-0.2, 0) is 4.79 Å². The number of rotatable bonds is 4. The fourth-order valence-electron chi connectivity index (χ4n) is 1.91. The van der Waals surface area contributed by atoms with Crippen molar-refractivity contribution in [3.8, 4) is 17.4 Å². The molecule has 1 heterocycles. The molecule has 2 aromatic rings. The van der Waals surface area contributed by atoms with Crippen LogP contribution in [0.3, 0.4) is 0 Å². The molecule has 23 heavy (non-hydrogen) atoms. The lowest BCUT2D eigenvalue weighted by atomic mass is 10.1. The number of carbonyl (C=O) groups is 2. The fourth-order valence-corrected chi connectivity index (χ4v) is 2.27. The minimum atomic E-state index is -1.09. The van der Waals surface area contributed by atoms with E-state index in [2.05, 4.69) is 21.2 Å². The molecule has 7 heteroatoms. The molecule has 2 N–H and O–H groups in total. The summed E-state index contributed by atoms with van der Waals surface area (Å²) in [6, 6.07) is 9.71. The number of halogens is 1. The first-order chi connectivity index (χ1) is 11.0. The van der Waals surface area contributed by atoms with Crippen LogP contribution in [0.25, 0.3) is 17.4 Å². The first kappa shape index (κ1) is 16.5. The molecule has 1 amide bonds. The second-order valence-corrected chi connectivity index (χ2v) is 5.36. The van der Waals surface area contributed by atoms with Crippen molar-refractivity contribution < 1.29 is 19.1 Å². The van der Waals surface area contributed by atoms with E-state index in [1.165, 1.54) is 19.2 Å². The minimum Gasteiger partial charge on any atom is -0.478 e. The van der Waals surface area contributed by atoms with Crippen molar-refractivity contribution in [3.63, 3.8) is 0 Å². The number of furan rings is 1. The number of carboxylic acids is 1. The van der Waals surface area contributed by atoms with Crippen molar-refractivity contribution in [2.24, 2.45) is 0 Å². The van der Waals surface area contributed by atoms with Crippen LogP contribution in [0.15, 0.2) is 44.8 Å². The second kappa shape index (κ2) is 6.94. The van der Waals surface area contributed by atoms with Gasteiger partial charge in [0.25, 0.3) is 5.91 Å². The van der Waals surface area contributed by atoms with Crippen molar-refractivity contribution in [1.29, 1.82) is 5.26 Å². The van der Waals surface area contributed by atoms with Crippen molar-refractivity contribution in [2.75, 3.05) is 7.05 Å². The summed E-state index contributed by atoms with van der Waals surface area (Å²) in [5.41, 5.74) is 0.373. The number of likely N-dealkylation sites (N-methyl/N-ethyl adjacent to an activating group) is 1. The van der Waals surface area contributed by atoms with Gasteiger partial charge in [-0.25, -0.2) is 4.79 Å². The molecule has 0 saturated carbocycles. The zero-order chi connectivity index (χ0) is 17.0. The fraction of sp³-hybridized carbons (Fsp3) is 0.0625. The van der Waals surface area contributed by atoms with Gasteiger partial charge in [-0.15, -0.1) is 0 Å². The average Bonchev–Trinajstić information content (AvgIpc) is 3.00. The molecule has 0 aliphatic carbocycles. The number of nitrogens with one attached hydrogen (secondary N) is 1. The van der Waals surface area contributed by atoms with Gasteiger partial charge in [-0.2, -0.15) is 5.26 Å². The van der Waals surface area contributed by atoms with Crippen molar-refractivity contribution in [1.82, 2.24) is 5.32 Å². The van der Waals surface area contributed by atoms with Crippen molar-refractivity contribution >= 4 is 33.9 Å². The van der Waals surface area contributed by atoms with Gasteiger partial charge in [-0.3, -0.25) is 4.79 Å². The smallest absolute Gasteiger partial charge is 0.336 e. The number of amides is 1. The molecule has 0 radical (unpaired) electrons. The van der Waals surface area contributed by atoms with Gasteiger partial charge in [0, 0.05) is 23.2 Å². The van der Waals surface area contributed by atoms with Gasteiger partial charge in [0.1, 0.15) is 23.2 Å². The van der Waals surface area contributed by atoms with Crippen LogP contribution in [0.2, 0.25) is 0 Å². The van der Waals surface area contributed by atoms with Crippen LogP contribution < -0.4 is 5.32 Å². The molecule has 6 nitrogen and oxygen atoms in total. The molecule has 0 spiro atoms. The number of benzene rings is 1. The lowest BCUT2D eigenvalue weighted by Crippen LogP contribution is -2.18. The van der Waals surface area contributed by atoms with Gasteiger partial charge in [-0.05, 0) is 30.3 Å². The molecule has 0 saturated heterocycles. The van der Waals surface area contributed by atoms with Crippen LogP contribution >= 0.6 is 15.9 Å². The number of nitriles is 1. The van der Waals surface area contributed by atoms with E-state index in [0.717, 1.165) is 0 Å². The highest BCUT2D eigenvalue weighted by molar-refractivity contribution is 9.10. The molecule has 1 aromatic carbocycles. The summed E-state index contributed by atoms with van der Waals surface area (Å²) in [6.45, 7) is 0. The first-order valence-corrected chi connectivity index (χ1v) is 7.22. The maximum Gasteiger partial charge on any atom is 0.336 e. The number of carbonyl (C=O) groups excluding carboxylic acids is 1. The Morgan fingerprint density at radius 2 is 2.09 bits per heavy atom. The van der Waals surface area contributed by atoms with Crippen LogP contribution in [0.5, 0.6) is 0 Å². The minimum absolute atomic E-state index is 0.0797. The molecule has 1 aromatic heterocycles. The molecule has 2 rings (SSSR count). The monoisotopic (exact) mass is 374 g/mol. The van der Waals surface area contributed by atoms with E-state index in [0.29, 0.717) is 15.8 Å². The lowest BCUT2D eigenvalue weighted by Gasteiger charge is -2.03.